The third kappa shape index (κ3) is 3.46. The van der Waals surface area contributed by atoms with E-state index in [1.54, 1.807) is 13.3 Å². The van der Waals surface area contributed by atoms with Crippen LogP contribution in [-0.2, 0) is 23.0 Å². The highest BCUT2D eigenvalue weighted by Crippen LogP contribution is 2.22. The molecular weight excluding hydrogens is 306 g/mol. The molecule has 7 heteroatoms. The van der Waals surface area contributed by atoms with Crippen LogP contribution in [0.25, 0.3) is 11.4 Å². The summed E-state index contributed by atoms with van der Waals surface area (Å²) in [5.74, 6) is 1.43. The molecule has 2 aromatic rings. The molecule has 1 aliphatic heterocycles. The summed E-state index contributed by atoms with van der Waals surface area (Å²) in [4.78, 5) is 27.1. The first-order chi connectivity index (χ1) is 11.6. The van der Waals surface area contributed by atoms with Crippen molar-refractivity contribution in [3.05, 3.63) is 30.1 Å². The molecule has 0 aliphatic carbocycles. The number of carbonyl (C=O) groups is 1. The van der Waals surface area contributed by atoms with Crippen LogP contribution in [0.4, 0.5) is 0 Å². The van der Waals surface area contributed by atoms with Gasteiger partial charge in [0.1, 0.15) is 18.1 Å². The molecule has 1 amide bonds. The average molecular weight is 329 g/mol. The number of aryl methyl sites for hydroxylation is 1. The van der Waals surface area contributed by atoms with Gasteiger partial charge >= 0.3 is 0 Å². The zero-order valence-corrected chi connectivity index (χ0v) is 14.4. The molecule has 1 fully saturated rings. The Balaban J connectivity index is 1.68. The fraction of sp³-hybridized carbons (Fsp3) is 0.529. The highest BCUT2D eigenvalue weighted by Gasteiger charge is 2.26. The summed E-state index contributed by atoms with van der Waals surface area (Å²) < 4.78 is 6.93. The smallest absolute Gasteiger partial charge is 0.248 e. The van der Waals surface area contributed by atoms with E-state index in [1.165, 1.54) is 0 Å². The first-order valence-corrected chi connectivity index (χ1v) is 8.14. The minimum atomic E-state index is 0.0604. The van der Waals surface area contributed by atoms with Crippen molar-refractivity contribution in [2.24, 2.45) is 13.0 Å². The van der Waals surface area contributed by atoms with Crippen LogP contribution in [0.5, 0.6) is 0 Å². The number of rotatable bonds is 5. The highest BCUT2D eigenvalue weighted by molar-refractivity contribution is 5.77. The summed E-state index contributed by atoms with van der Waals surface area (Å²) >= 11 is 0. The number of methoxy groups -OCH3 is 1. The molecule has 0 saturated carbocycles. The number of aromatic nitrogens is 4. The van der Waals surface area contributed by atoms with Gasteiger partial charge in [0.15, 0.2) is 0 Å². The van der Waals surface area contributed by atoms with E-state index in [2.05, 4.69) is 9.97 Å². The zero-order valence-electron chi connectivity index (χ0n) is 14.4. The summed E-state index contributed by atoms with van der Waals surface area (Å²) in [5.41, 5.74) is 2.75. The maximum absolute atomic E-state index is 11.9. The molecule has 128 valence electrons. The Morgan fingerprint density at radius 2 is 2.21 bits per heavy atom. The van der Waals surface area contributed by atoms with Crippen LogP contribution in [-0.4, -0.2) is 57.1 Å². The number of ether oxygens (including phenoxy) is 1. The van der Waals surface area contributed by atoms with Gasteiger partial charge < -0.3 is 14.2 Å². The predicted octanol–water partition coefficient (Wildman–Crippen LogP) is 1.22. The van der Waals surface area contributed by atoms with Crippen molar-refractivity contribution in [2.45, 2.75) is 19.8 Å². The van der Waals surface area contributed by atoms with Crippen LogP contribution in [0.2, 0.25) is 0 Å². The number of hydrogen-bond acceptors (Lipinski definition) is 5. The SMILES string of the molecule is COCC(=O)N1CCC(Cc2cncc(-c3cnc(C)n3C)n2)C1. The van der Waals surface area contributed by atoms with Crippen LogP contribution < -0.4 is 0 Å². The molecule has 3 rings (SSSR count). The van der Waals surface area contributed by atoms with Gasteiger partial charge in [-0.25, -0.2) is 9.97 Å². The molecule has 1 atom stereocenters. The number of imidazole rings is 1. The van der Waals surface area contributed by atoms with E-state index in [0.717, 1.165) is 48.8 Å². The summed E-state index contributed by atoms with van der Waals surface area (Å²) in [6.07, 6.45) is 7.22. The van der Waals surface area contributed by atoms with E-state index < -0.39 is 0 Å². The molecule has 0 radical (unpaired) electrons. The standard InChI is InChI=1S/C17H23N5O2/c1-12-19-9-16(21(12)2)15-8-18-7-14(20-15)6-13-4-5-22(10-13)17(23)11-24-3/h7-9,13H,4-6,10-11H2,1-3H3. The van der Waals surface area contributed by atoms with Crippen molar-refractivity contribution in [3.8, 4) is 11.4 Å². The van der Waals surface area contributed by atoms with Gasteiger partial charge in [0, 0.05) is 33.4 Å². The Kier molecular flexibility index (Phi) is 4.89. The van der Waals surface area contributed by atoms with Crippen molar-refractivity contribution < 1.29 is 9.53 Å². The Bertz CT molecular complexity index is 728. The number of amides is 1. The summed E-state index contributed by atoms with van der Waals surface area (Å²) in [7, 11) is 3.52. The summed E-state index contributed by atoms with van der Waals surface area (Å²) in [6.45, 7) is 3.67. The monoisotopic (exact) mass is 329 g/mol. The fourth-order valence-electron chi connectivity index (χ4n) is 3.10. The molecule has 2 aromatic heterocycles. The van der Waals surface area contributed by atoms with Gasteiger partial charge in [-0.1, -0.05) is 0 Å². The van der Waals surface area contributed by atoms with E-state index in [1.807, 2.05) is 35.8 Å². The van der Waals surface area contributed by atoms with Crippen LogP contribution in [0, 0.1) is 12.8 Å². The van der Waals surface area contributed by atoms with Gasteiger partial charge in [0.25, 0.3) is 0 Å². The number of nitrogens with zero attached hydrogens (tertiary/aromatic N) is 5. The minimum Gasteiger partial charge on any atom is -0.375 e. The first-order valence-electron chi connectivity index (χ1n) is 8.14. The van der Waals surface area contributed by atoms with Gasteiger partial charge in [-0.05, 0) is 25.7 Å². The van der Waals surface area contributed by atoms with E-state index in [4.69, 9.17) is 9.72 Å². The van der Waals surface area contributed by atoms with Crippen molar-refractivity contribution in [3.63, 3.8) is 0 Å². The van der Waals surface area contributed by atoms with Gasteiger partial charge in [0.05, 0.1) is 23.8 Å². The molecule has 1 unspecified atom stereocenters. The van der Waals surface area contributed by atoms with Crippen LogP contribution >= 0.6 is 0 Å². The number of hydrogen-bond donors (Lipinski definition) is 0. The molecule has 0 spiro atoms. The maximum Gasteiger partial charge on any atom is 0.248 e. The largest absolute Gasteiger partial charge is 0.375 e. The summed E-state index contributed by atoms with van der Waals surface area (Å²) in [5, 5.41) is 0. The van der Waals surface area contributed by atoms with E-state index in [9.17, 15) is 4.79 Å². The molecule has 3 heterocycles. The molecule has 0 aromatic carbocycles. The second-order valence-corrected chi connectivity index (χ2v) is 6.28. The minimum absolute atomic E-state index is 0.0604. The van der Waals surface area contributed by atoms with E-state index in [-0.39, 0.29) is 12.5 Å². The number of likely N-dealkylation sites (tertiary alicyclic amines) is 1. The second kappa shape index (κ2) is 7.09. The van der Waals surface area contributed by atoms with Gasteiger partial charge in [-0.3, -0.25) is 9.78 Å². The van der Waals surface area contributed by atoms with Gasteiger partial charge in [0.2, 0.25) is 5.91 Å². The molecule has 24 heavy (non-hydrogen) atoms. The second-order valence-electron chi connectivity index (χ2n) is 6.28. The van der Waals surface area contributed by atoms with Crippen LogP contribution in [0.1, 0.15) is 17.9 Å². The normalized spacial score (nSPS) is 17.5. The Morgan fingerprint density at radius 1 is 1.38 bits per heavy atom. The Hall–Kier alpha value is -2.28. The lowest BCUT2D eigenvalue weighted by atomic mass is 10.0. The zero-order chi connectivity index (χ0) is 17.1. The molecule has 1 saturated heterocycles. The average Bonchev–Trinajstić information content (AvgIpc) is 3.16. The third-order valence-electron chi connectivity index (χ3n) is 4.57. The predicted molar refractivity (Wildman–Crippen MR) is 89.2 cm³/mol. The van der Waals surface area contributed by atoms with Gasteiger partial charge in [-0.2, -0.15) is 0 Å². The van der Waals surface area contributed by atoms with Crippen molar-refractivity contribution >= 4 is 5.91 Å². The topological polar surface area (TPSA) is 73.1 Å². The molecule has 7 nitrogen and oxygen atoms in total. The maximum atomic E-state index is 11.9. The molecule has 0 N–H and O–H groups in total. The third-order valence-corrected chi connectivity index (χ3v) is 4.57. The fourth-order valence-corrected chi connectivity index (χ4v) is 3.10. The van der Waals surface area contributed by atoms with Crippen molar-refractivity contribution in [1.29, 1.82) is 0 Å². The van der Waals surface area contributed by atoms with Crippen molar-refractivity contribution in [2.75, 3.05) is 26.8 Å². The first kappa shape index (κ1) is 16.6. The van der Waals surface area contributed by atoms with E-state index in [0.29, 0.717) is 5.92 Å². The van der Waals surface area contributed by atoms with Gasteiger partial charge in [-0.15, -0.1) is 0 Å². The molecule has 1 aliphatic rings. The van der Waals surface area contributed by atoms with Crippen LogP contribution in [0.15, 0.2) is 18.6 Å². The van der Waals surface area contributed by atoms with E-state index >= 15 is 0 Å². The lowest BCUT2D eigenvalue weighted by Gasteiger charge is -2.16. The molecular formula is C17H23N5O2. The Labute approximate surface area is 141 Å². The Morgan fingerprint density at radius 3 is 2.92 bits per heavy atom. The number of carbonyl (C=O) groups excluding carboxylic acids is 1. The van der Waals surface area contributed by atoms with Crippen molar-refractivity contribution in [1.82, 2.24) is 24.4 Å². The molecule has 0 bridgehead atoms. The quantitative estimate of drug-likeness (QED) is 0.825. The highest BCUT2D eigenvalue weighted by atomic mass is 16.5. The van der Waals surface area contributed by atoms with Crippen LogP contribution in [0.3, 0.4) is 0 Å². The lowest BCUT2D eigenvalue weighted by molar-refractivity contribution is -0.134. The lowest BCUT2D eigenvalue weighted by Crippen LogP contribution is -2.31. The summed E-state index contributed by atoms with van der Waals surface area (Å²) in [6, 6.07) is 0.